The molecule has 0 aliphatic heterocycles. The molecule has 0 aliphatic carbocycles. The van der Waals surface area contributed by atoms with Gasteiger partial charge in [0, 0.05) is 20.2 Å². The van der Waals surface area contributed by atoms with E-state index in [9.17, 15) is 14.1 Å². The minimum Gasteiger partial charge on any atom is -0.477 e. The van der Waals surface area contributed by atoms with Crippen LogP contribution in [-0.2, 0) is 16.6 Å². The first-order valence-corrected chi connectivity index (χ1v) is 8.06. The fourth-order valence-corrected chi connectivity index (χ4v) is 3.91. The molecule has 19 heavy (non-hydrogen) atoms. The third-order valence-electron chi connectivity index (χ3n) is 2.85. The van der Waals surface area contributed by atoms with Gasteiger partial charge in [0.05, 0.1) is 5.75 Å². The molecule has 5 heteroatoms. The van der Waals surface area contributed by atoms with E-state index in [1.54, 1.807) is 0 Å². The molecule has 0 aliphatic rings. The molecule has 1 aromatic heterocycles. The molecule has 0 spiro atoms. The third kappa shape index (κ3) is 2.87. The summed E-state index contributed by atoms with van der Waals surface area (Å²) in [6, 6.07) is 7.56. The highest BCUT2D eigenvalue weighted by Gasteiger charge is 2.24. The minimum absolute atomic E-state index is 0.287. The summed E-state index contributed by atoms with van der Waals surface area (Å²) in [6.07, 6.45) is 0. The number of carbonyl (C=O) groups is 1. The van der Waals surface area contributed by atoms with Gasteiger partial charge < -0.3 is 5.11 Å². The third-order valence-corrected chi connectivity index (χ3v) is 5.97. The molecule has 0 saturated heterocycles. The molecule has 1 heterocycles. The highest BCUT2D eigenvalue weighted by molar-refractivity contribution is 7.85. The van der Waals surface area contributed by atoms with E-state index >= 15 is 0 Å². The smallest absolute Gasteiger partial charge is 0.346 e. The molecule has 0 saturated carbocycles. The number of fused-ring (bicyclic) bond motifs is 1. The van der Waals surface area contributed by atoms with Crippen molar-refractivity contribution in [1.29, 1.82) is 0 Å². The summed E-state index contributed by atoms with van der Waals surface area (Å²) in [5.41, 5.74) is 0.696. The molecule has 3 nitrogen and oxygen atoms in total. The van der Waals surface area contributed by atoms with Crippen molar-refractivity contribution in [1.82, 2.24) is 0 Å². The first-order valence-electron chi connectivity index (χ1n) is 5.93. The Kier molecular flexibility index (Phi) is 3.78. The van der Waals surface area contributed by atoms with E-state index in [-0.39, 0.29) is 10.5 Å². The molecular weight excluding hydrogens is 280 g/mol. The Labute approximate surface area is 118 Å². The van der Waals surface area contributed by atoms with Gasteiger partial charge in [-0.25, -0.2) is 4.79 Å². The highest BCUT2D eigenvalue weighted by Crippen LogP contribution is 2.33. The summed E-state index contributed by atoms with van der Waals surface area (Å²) in [5, 5.41) is 10.2. The Morgan fingerprint density at radius 3 is 2.53 bits per heavy atom. The standard InChI is InChI=1S/C14H16O3S2/c1-14(2,3)19(17)8-10-9-6-4-5-7-11(9)18-12(10)13(15)16/h4-7H,8H2,1-3H3,(H,15,16). The largest absolute Gasteiger partial charge is 0.477 e. The summed E-state index contributed by atoms with van der Waals surface area (Å²) in [5.74, 6) is -0.656. The van der Waals surface area contributed by atoms with E-state index in [0.717, 1.165) is 10.1 Å². The van der Waals surface area contributed by atoms with Crippen molar-refractivity contribution >= 4 is 38.2 Å². The van der Waals surface area contributed by atoms with Crippen molar-refractivity contribution < 1.29 is 14.1 Å². The van der Waals surface area contributed by atoms with Crippen LogP contribution in [0.4, 0.5) is 0 Å². The van der Waals surface area contributed by atoms with Crippen LogP contribution in [0.25, 0.3) is 10.1 Å². The van der Waals surface area contributed by atoms with Crippen LogP contribution in [0.1, 0.15) is 36.0 Å². The van der Waals surface area contributed by atoms with E-state index < -0.39 is 16.8 Å². The molecule has 0 amide bonds. The number of rotatable bonds is 3. The van der Waals surface area contributed by atoms with Gasteiger partial charge in [0.1, 0.15) is 4.88 Å². The second-order valence-electron chi connectivity index (χ2n) is 5.31. The molecule has 1 N–H and O–H groups in total. The van der Waals surface area contributed by atoms with E-state index in [0.29, 0.717) is 10.4 Å². The lowest BCUT2D eigenvalue weighted by Gasteiger charge is -2.17. The first kappa shape index (κ1) is 14.2. The predicted molar refractivity (Wildman–Crippen MR) is 80.4 cm³/mol. The van der Waals surface area contributed by atoms with Gasteiger partial charge >= 0.3 is 5.97 Å². The Balaban J connectivity index is 2.54. The fraction of sp³-hybridized carbons (Fsp3) is 0.357. The molecule has 0 radical (unpaired) electrons. The number of hydrogen-bond acceptors (Lipinski definition) is 3. The van der Waals surface area contributed by atoms with Crippen LogP contribution in [0.2, 0.25) is 0 Å². The van der Waals surface area contributed by atoms with Gasteiger partial charge in [-0.1, -0.05) is 18.2 Å². The average Bonchev–Trinajstić information content (AvgIpc) is 2.67. The number of carboxylic acid groups (broad SMARTS) is 1. The minimum atomic E-state index is -1.11. The number of thiophene rings is 1. The van der Waals surface area contributed by atoms with Crippen LogP contribution in [0.15, 0.2) is 24.3 Å². The van der Waals surface area contributed by atoms with Gasteiger partial charge in [0.2, 0.25) is 0 Å². The second kappa shape index (κ2) is 5.06. The maximum absolute atomic E-state index is 12.3. The summed E-state index contributed by atoms with van der Waals surface area (Å²) in [4.78, 5) is 11.6. The summed E-state index contributed by atoms with van der Waals surface area (Å²) in [6.45, 7) is 5.70. The van der Waals surface area contributed by atoms with E-state index in [2.05, 4.69) is 0 Å². The summed E-state index contributed by atoms with van der Waals surface area (Å²) >= 11 is 1.25. The normalized spacial score (nSPS) is 13.6. The van der Waals surface area contributed by atoms with Crippen LogP contribution in [-0.4, -0.2) is 20.0 Å². The van der Waals surface area contributed by atoms with Crippen LogP contribution in [0.5, 0.6) is 0 Å². The highest BCUT2D eigenvalue weighted by atomic mass is 32.2. The second-order valence-corrected chi connectivity index (χ2v) is 8.57. The number of carboxylic acids is 1. The quantitative estimate of drug-likeness (QED) is 0.940. The monoisotopic (exact) mass is 296 g/mol. The molecular formula is C14H16O3S2. The van der Waals surface area contributed by atoms with Crippen LogP contribution in [0, 0.1) is 0 Å². The van der Waals surface area contributed by atoms with Crippen molar-refractivity contribution in [2.75, 3.05) is 0 Å². The lowest BCUT2D eigenvalue weighted by atomic mass is 10.1. The lowest BCUT2D eigenvalue weighted by Crippen LogP contribution is -2.23. The molecule has 2 rings (SSSR count). The molecule has 0 bridgehead atoms. The molecule has 0 fully saturated rings. The van der Waals surface area contributed by atoms with Gasteiger partial charge in [0.25, 0.3) is 0 Å². The number of benzene rings is 1. The predicted octanol–water partition coefficient (Wildman–Crippen LogP) is 3.65. The van der Waals surface area contributed by atoms with Gasteiger partial charge in [-0.15, -0.1) is 11.3 Å². The van der Waals surface area contributed by atoms with E-state index in [4.69, 9.17) is 0 Å². The molecule has 1 aromatic carbocycles. The van der Waals surface area contributed by atoms with Gasteiger partial charge in [-0.2, -0.15) is 0 Å². The zero-order valence-corrected chi connectivity index (χ0v) is 12.7. The Hall–Kier alpha value is -1.20. The van der Waals surface area contributed by atoms with Crippen molar-refractivity contribution in [3.63, 3.8) is 0 Å². The lowest BCUT2D eigenvalue weighted by molar-refractivity contribution is 0.0701. The average molecular weight is 296 g/mol. The molecule has 1 atom stereocenters. The summed E-state index contributed by atoms with van der Waals surface area (Å²) < 4.78 is 12.9. The van der Waals surface area contributed by atoms with Crippen molar-refractivity contribution in [2.45, 2.75) is 31.3 Å². The zero-order valence-electron chi connectivity index (χ0n) is 11.1. The van der Waals surface area contributed by atoms with Crippen LogP contribution >= 0.6 is 11.3 Å². The van der Waals surface area contributed by atoms with Gasteiger partial charge in [-0.3, -0.25) is 4.21 Å². The maximum atomic E-state index is 12.3. The molecule has 1 unspecified atom stereocenters. The van der Waals surface area contributed by atoms with E-state index in [1.807, 2.05) is 45.0 Å². The number of hydrogen-bond donors (Lipinski definition) is 1. The van der Waals surface area contributed by atoms with Gasteiger partial charge in [-0.05, 0) is 37.8 Å². The van der Waals surface area contributed by atoms with Crippen molar-refractivity contribution in [3.05, 3.63) is 34.7 Å². The Morgan fingerprint density at radius 2 is 1.95 bits per heavy atom. The Bertz CT molecular complexity index is 650. The summed E-state index contributed by atoms with van der Waals surface area (Å²) in [7, 11) is -1.11. The van der Waals surface area contributed by atoms with Gasteiger partial charge in [0.15, 0.2) is 0 Å². The molecule has 102 valence electrons. The fourth-order valence-electron chi connectivity index (χ4n) is 1.76. The van der Waals surface area contributed by atoms with Crippen molar-refractivity contribution in [3.8, 4) is 0 Å². The molecule has 2 aromatic rings. The van der Waals surface area contributed by atoms with Crippen LogP contribution < -0.4 is 0 Å². The topological polar surface area (TPSA) is 54.4 Å². The number of aromatic carboxylic acids is 1. The van der Waals surface area contributed by atoms with E-state index in [1.165, 1.54) is 11.3 Å². The maximum Gasteiger partial charge on any atom is 0.346 e. The Morgan fingerprint density at radius 1 is 1.32 bits per heavy atom. The zero-order chi connectivity index (χ0) is 14.2. The van der Waals surface area contributed by atoms with Crippen molar-refractivity contribution in [2.24, 2.45) is 0 Å². The first-order chi connectivity index (χ1) is 8.80. The SMILES string of the molecule is CC(C)(C)S(=O)Cc1c(C(=O)O)sc2ccccc12. The van der Waals surface area contributed by atoms with Crippen LogP contribution in [0.3, 0.4) is 0 Å².